The zero-order chi connectivity index (χ0) is 10.2. The Morgan fingerprint density at radius 1 is 1.14 bits per heavy atom. The van der Waals surface area contributed by atoms with Gasteiger partial charge in [-0.1, -0.05) is 39.0 Å². The summed E-state index contributed by atoms with van der Waals surface area (Å²) in [7, 11) is 0. The van der Waals surface area contributed by atoms with Gasteiger partial charge in [0.2, 0.25) is 0 Å². The molecule has 1 heterocycles. The Morgan fingerprint density at radius 3 is 2.50 bits per heavy atom. The summed E-state index contributed by atoms with van der Waals surface area (Å²) in [4.78, 5) is 4.64. The highest BCUT2D eigenvalue weighted by atomic mass is 14.8. The topological polar surface area (TPSA) is 12.4 Å². The van der Waals surface area contributed by atoms with E-state index in [1.165, 1.54) is 63.5 Å². The monoisotopic (exact) mass is 195 g/mol. The Morgan fingerprint density at radius 2 is 1.86 bits per heavy atom. The van der Waals surface area contributed by atoms with Gasteiger partial charge in [0.1, 0.15) is 0 Å². The van der Waals surface area contributed by atoms with E-state index in [9.17, 15) is 0 Å². The van der Waals surface area contributed by atoms with Gasteiger partial charge >= 0.3 is 0 Å². The lowest BCUT2D eigenvalue weighted by molar-refractivity contribution is 0.615. The summed E-state index contributed by atoms with van der Waals surface area (Å²) in [5.41, 5.74) is 1.49. The molecule has 0 N–H and O–H groups in total. The van der Waals surface area contributed by atoms with Crippen LogP contribution >= 0.6 is 0 Å². The molecule has 0 aliphatic carbocycles. The van der Waals surface area contributed by atoms with Crippen molar-refractivity contribution in [1.29, 1.82) is 0 Å². The Hall–Kier alpha value is -0.330. The van der Waals surface area contributed by atoms with E-state index in [4.69, 9.17) is 0 Å². The Labute approximate surface area is 89.0 Å². The van der Waals surface area contributed by atoms with Crippen LogP contribution < -0.4 is 0 Å². The van der Waals surface area contributed by atoms with E-state index < -0.39 is 0 Å². The van der Waals surface area contributed by atoms with Crippen LogP contribution in [0, 0.1) is 0 Å². The van der Waals surface area contributed by atoms with Crippen LogP contribution in [-0.2, 0) is 0 Å². The Kier molecular flexibility index (Phi) is 5.89. The standard InChI is InChI=1S/C13H25N/c1-3-4-5-6-7-8-9-13-11-10-12(2)14-13/h12H,3-11H2,1-2H3. The number of aliphatic imine (C=N–C) groups is 1. The van der Waals surface area contributed by atoms with Crippen LogP contribution in [0.5, 0.6) is 0 Å². The van der Waals surface area contributed by atoms with Crippen LogP contribution in [0.25, 0.3) is 0 Å². The molecule has 1 unspecified atom stereocenters. The number of nitrogens with zero attached hydrogens (tertiary/aromatic N) is 1. The fourth-order valence-electron chi connectivity index (χ4n) is 2.12. The minimum absolute atomic E-state index is 0.616. The molecule has 0 amide bonds. The Balaban J connectivity index is 1.91. The first-order chi connectivity index (χ1) is 6.83. The third-order valence-corrected chi connectivity index (χ3v) is 3.07. The van der Waals surface area contributed by atoms with E-state index in [2.05, 4.69) is 18.8 Å². The van der Waals surface area contributed by atoms with Gasteiger partial charge in [-0.15, -0.1) is 0 Å². The zero-order valence-corrected chi connectivity index (χ0v) is 9.89. The lowest BCUT2D eigenvalue weighted by atomic mass is 10.1. The number of unbranched alkanes of at least 4 members (excludes halogenated alkanes) is 5. The van der Waals surface area contributed by atoms with Gasteiger partial charge in [0.15, 0.2) is 0 Å². The molecule has 1 heteroatoms. The molecule has 0 saturated heterocycles. The van der Waals surface area contributed by atoms with Crippen molar-refractivity contribution in [2.24, 2.45) is 4.99 Å². The van der Waals surface area contributed by atoms with Crippen molar-refractivity contribution in [3.63, 3.8) is 0 Å². The highest BCUT2D eigenvalue weighted by molar-refractivity contribution is 5.86. The maximum absolute atomic E-state index is 4.64. The smallest absolute Gasteiger partial charge is 0.0474 e. The van der Waals surface area contributed by atoms with E-state index in [-0.39, 0.29) is 0 Å². The van der Waals surface area contributed by atoms with E-state index >= 15 is 0 Å². The lowest BCUT2D eigenvalue weighted by Gasteiger charge is -2.00. The molecule has 0 aromatic heterocycles. The van der Waals surface area contributed by atoms with Gasteiger partial charge in [-0.3, -0.25) is 4.99 Å². The summed E-state index contributed by atoms with van der Waals surface area (Å²) in [6.45, 7) is 4.50. The van der Waals surface area contributed by atoms with Crippen LogP contribution in [0.15, 0.2) is 4.99 Å². The summed E-state index contributed by atoms with van der Waals surface area (Å²) in [5.74, 6) is 0. The van der Waals surface area contributed by atoms with E-state index in [1.54, 1.807) is 0 Å². The highest BCUT2D eigenvalue weighted by Gasteiger charge is 2.11. The van der Waals surface area contributed by atoms with Crippen LogP contribution in [-0.4, -0.2) is 11.8 Å². The molecule has 0 aromatic rings. The molecule has 1 rings (SSSR count). The highest BCUT2D eigenvalue weighted by Crippen LogP contribution is 2.17. The molecule has 1 aliphatic rings. The molecular formula is C13H25N. The first kappa shape index (κ1) is 11.7. The SMILES string of the molecule is CCCCCCCCC1=NC(C)CC1. The second kappa shape index (κ2) is 7.03. The predicted octanol–water partition coefficient (Wildman–Crippen LogP) is 4.36. The largest absolute Gasteiger partial charge is 0.291 e. The van der Waals surface area contributed by atoms with Crippen LogP contribution in [0.3, 0.4) is 0 Å². The second-order valence-electron chi connectivity index (χ2n) is 4.60. The first-order valence-electron chi connectivity index (χ1n) is 6.38. The van der Waals surface area contributed by atoms with Crippen LogP contribution in [0.1, 0.15) is 71.6 Å². The second-order valence-corrected chi connectivity index (χ2v) is 4.60. The predicted molar refractivity (Wildman–Crippen MR) is 64.1 cm³/mol. The summed E-state index contributed by atoms with van der Waals surface area (Å²) in [6, 6.07) is 0.616. The van der Waals surface area contributed by atoms with E-state index in [0.29, 0.717) is 6.04 Å². The van der Waals surface area contributed by atoms with Gasteiger partial charge in [-0.2, -0.15) is 0 Å². The third-order valence-electron chi connectivity index (χ3n) is 3.07. The van der Waals surface area contributed by atoms with Crippen LogP contribution in [0.4, 0.5) is 0 Å². The van der Waals surface area contributed by atoms with Crippen molar-refractivity contribution in [2.45, 2.75) is 77.7 Å². The minimum Gasteiger partial charge on any atom is -0.291 e. The minimum atomic E-state index is 0.616. The summed E-state index contributed by atoms with van der Waals surface area (Å²) in [6.07, 6.45) is 12.2. The maximum atomic E-state index is 4.64. The van der Waals surface area contributed by atoms with Crippen LogP contribution in [0.2, 0.25) is 0 Å². The fraction of sp³-hybridized carbons (Fsp3) is 0.923. The van der Waals surface area contributed by atoms with Crippen molar-refractivity contribution >= 4 is 5.71 Å². The molecule has 0 radical (unpaired) electrons. The maximum Gasteiger partial charge on any atom is 0.0474 e. The van der Waals surface area contributed by atoms with Crippen molar-refractivity contribution < 1.29 is 0 Å². The molecule has 1 aliphatic heterocycles. The van der Waals surface area contributed by atoms with Gasteiger partial charge in [-0.05, 0) is 32.6 Å². The van der Waals surface area contributed by atoms with Crippen molar-refractivity contribution in [3.05, 3.63) is 0 Å². The fourth-order valence-corrected chi connectivity index (χ4v) is 2.12. The first-order valence-corrected chi connectivity index (χ1v) is 6.38. The normalized spacial score (nSPS) is 21.3. The van der Waals surface area contributed by atoms with Gasteiger partial charge in [-0.25, -0.2) is 0 Å². The molecule has 1 atom stereocenters. The number of hydrogen-bond donors (Lipinski definition) is 0. The van der Waals surface area contributed by atoms with Crippen molar-refractivity contribution in [2.75, 3.05) is 0 Å². The lowest BCUT2D eigenvalue weighted by Crippen LogP contribution is -1.92. The summed E-state index contributed by atoms with van der Waals surface area (Å²) in [5, 5.41) is 0. The van der Waals surface area contributed by atoms with Crippen molar-refractivity contribution in [1.82, 2.24) is 0 Å². The summed E-state index contributed by atoms with van der Waals surface area (Å²) >= 11 is 0. The zero-order valence-electron chi connectivity index (χ0n) is 9.89. The molecular weight excluding hydrogens is 170 g/mol. The average molecular weight is 195 g/mol. The quantitative estimate of drug-likeness (QED) is 0.535. The van der Waals surface area contributed by atoms with Gasteiger partial charge in [0.25, 0.3) is 0 Å². The van der Waals surface area contributed by atoms with E-state index in [0.717, 1.165) is 0 Å². The van der Waals surface area contributed by atoms with Gasteiger partial charge in [0, 0.05) is 11.8 Å². The average Bonchev–Trinajstić information content (AvgIpc) is 2.58. The van der Waals surface area contributed by atoms with Gasteiger partial charge in [0.05, 0.1) is 0 Å². The number of rotatable bonds is 7. The molecule has 0 aromatic carbocycles. The molecule has 0 bridgehead atoms. The molecule has 82 valence electrons. The molecule has 1 nitrogen and oxygen atoms in total. The molecule has 0 spiro atoms. The molecule has 0 saturated carbocycles. The third kappa shape index (κ3) is 4.78. The number of hydrogen-bond acceptors (Lipinski definition) is 1. The Bertz CT molecular complexity index is 172. The summed E-state index contributed by atoms with van der Waals surface area (Å²) < 4.78 is 0. The van der Waals surface area contributed by atoms with Gasteiger partial charge < -0.3 is 0 Å². The molecule has 14 heavy (non-hydrogen) atoms. The molecule has 0 fully saturated rings. The van der Waals surface area contributed by atoms with E-state index in [1.807, 2.05) is 0 Å². The van der Waals surface area contributed by atoms with Crippen molar-refractivity contribution in [3.8, 4) is 0 Å².